The van der Waals surface area contributed by atoms with E-state index in [-0.39, 0.29) is 24.8 Å². The number of phenolic OH excluding ortho intramolecular Hbond substituents is 1. The van der Waals surface area contributed by atoms with Crippen molar-refractivity contribution in [3.63, 3.8) is 0 Å². The highest BCUT2D eigenvalue weighted by Crippen LogP contribution is 2.45. The van der Waals surface area contributed by atoms with Crippen molar-refractivity contribution in [2.45, 2.75) is 13.0 Å². The van der Waals surface area contributed by atoms with Crippen molar-refractivity contribution < 1.29 is 15.0 Å². The minimum atomic E-state index is -0.475. The number of carbonyl (C=O) groups excluding carboxylic acids is 1. The van der Waals surface area contributed by atoms with Gasteiger partial charge in [-0.3, -0.25) is 9.89 Å². The molecule has 0 bridgehead atoms. The van der Waals surface area contributed by atoms with Gasteiger partial charge < -0.3 is 15.1 Å². The van der Waals surface area contributed by atoms with Gasteiger partial charge in [-0.05, 0) is 47.4 Å². The average molecular weight is 460 g/mol. The first-order chi connectivity index (χ1) is 16.0. The molecular formula is C26H22ClN3O3. The van der Waals surface area contributed by atoms with Gasteiger partial charge in [0.2, 0.25) is 0 Å². The number of hydrogen-bond acceptors (Lipinski definition) is 4. The Morgan fingerprint density at radius 1 is 1.06 bits per heavy atom. The highest BCUT2D eigenvalue weighted by molar-refractivity contribution is 6.31. The highest BCUT2D eigenvalue weighted by atomic mass is 35.5. The predicted molar refractivity (Wildman–Crippen MR) is 127 cm³/mol. The van der Waals surface area contributed by atoms with Crippen LogP contribution in [0, 0.1) is 6.92 Å². The SMILES string of the molecule is Cc1cc(O)c(-c2n[nH]c3c2[C@@H](c2cccc(-c4ccccc4)c2)N(CCO)C3=O)cc1Cl. The van der Waals surface area contributed by atoms with Crippen LogP contribution in [0.25, 0.3) is 22.4 Å². The lowest BCUT2D eigenvalue weighted by Crippen LogP contribution is -2.32. The fraction of sp³-hybridized carbons (Fsp3) is 0.154. The summed E-state index contributed by atoms with van der Waals surface area (Å²) < 4.78 is 0. The number of nitrogens with zero attached hydrogens (tertiary/aromatic N) is 2. The molecule has 1 aliphatic rings. The summed E-state index contributed by atoms with van der Waals surface area (Å²) >= 11 is 6.34. The number of benzene rings is 3. The van der Waals surface area contributed by atoms with Gasteiger partial charge in [0.05, 0.1) is 12.6 Å². The van der Waals surface area contributed by atoms with Crippen molar-refractivity contribution in [2.75, 3.05) is 13.2 Å². The third-order valence-electron chi connectivity index (χ3n) is 6.05. The van der Waals surface area contributed by atoms with Crippen LogP contribution in [0.1, 0.15) is 33.2 Å². The molecule has 4 aromatic rings. The van der Waals surface area contributed by atoms with Gasteiger partial charge in [0.1, 0.15) is 17.1 Å². The maximum Gasteiger partial charge on any atom is 0.273 e. The van der Waals surface area contributed by atoms with Crippen LogP contribution in [0.4, 0.5) is 0 Å². The monoisotopic (exact) mass is 459 g/mol. The normalized spacial score (nSPS) is 15.2. The van der Waals surface area contributed by atoms with Crippen LogP contribution >= 0.6 is 11.6 Å². The van der Waals surface area contributed by atoms with Gasteiger partial charge in [-0.15, -0.1) is 0 Å². The summed E-state index contributed by atoms with van der Waals surface area (Å²) in [4.78, 5) is 14.9. The van der Waals surface area contributed by atoms with Gasteiger partial charge in [0.15, 0.2) is 0 Å². The van der Waals surface area contributed by atoms with Crippen LogP contribution in [0.3, 0.4) is 0 Å². The second-order valence-corrected chi connectivity index (χ2v) is 8.50. The number of aryl methyl sites for hydroxylation is 1. The molecule has 1 aromatic heterocycles. The minimum absolute atomic E-state index is 0.0380. The molecule has 0 unspecified atom stereocenters. The zero-order chi connectivity index (χ0) is 23.1. The smallest absolute Gasteiger partial charge is 0.273 e. The molecule has 1 atom stereocenters. The van der Waals surface area contributed by atoms with E-state index in [0.717, 1.165) is 22.3 Å². The van der Waals surface area contributed by atoms with E-state index in [0.29, 0.717) is 27.5 Å². The number of aromatic hydroxyl groups is 1. The number of amides is 1. The van der Waals surface area contributed by atoms with Gasteiger partial charge in [0, 0.05) is 22.7 Å². The molecule has 0 aliphatic carbocycles. The number of rotatable bonds is 5. The number of aliphatic hydroxyl groups excluding tert-OH is 1. The fourth-order valence-electron chi connectivity index (χ4n) is 4.46. The molecule has 0 fully saturated rings. The number of aromatic amines is 1. The van der Waals surface area contributed by atoms with E-state index in [1.165, 1.54) is 0 Å². The third kappa shape index (κ3) is 3.57. The average Bonchev–Trinajstić information content (AvgIpc) is 3.36. The predicted octanol–water partition coefficient (Wildman–Crippen LogP) is 4.95. The Bertz CT molecular complexity index is 1350. The number of β-amino-alcohol motifs (C(OH)–C–C–N with tert-alkyl or cyclic N) is 1. The zero-order valence-corrected chi connectivity index (χ0v) is 18.7. The third-order valence-corrected chi connectivity index (χ3v) is 6.45. The summed E-state index contributed by atoms with van der Waals surface area (Å²) in [5, 5.41) is 28.1. The van der Waals surface area contributed by atoms with Gasteiger partial charge in [0.25, 0.3) is 5.91 Å². The first kappa shape index (κ1) is 21.2. The summed E-state index contributed by atoms with van der Waals surface area (Å²) in [6, 6.07) is 20.8. The Hall–Kier alpha value is -3.61. The molecule has 1 aliphatic heterocycles. The number of aliphatic hydroxyl groups is 1. The highest BCUT2D eigenvalue weighted by Gasteiger charge is 2.42. The zero-order valence-electron chi connectivity index (χ0n) is 17.9. The van der Waals surface area contributed by atoms with Crippen LogP contribution < -0.4 is 0 Å². The van der Waals surface area contributed by atoms with Crippen LogP contribution in [0.15, 0.2) is 66.7 Å². The van der Waals surface area contributed by atoms with E-state index in [4.69, 9.17) is 11.6 Å². The Morgan fingerprint density at radius 2 is 1.82 bits per heavy atom. The van der Waals surface area contributed by atoms with E-state index < -0.39 is 6.04 Å². The molecule has 0 spiro atoms. The van der Waals surface area contributed by atoms with Crippen molar-refractivity contribution in [3.05, 3.63) is 94.1 Å². The molecule has 6 nitrogen and oxygen atoms in total. The molecule has 0 saturated carbocycles. The van der Waals surface area contributed by atoms with Gasteiger partial charge in [-0.2, -0.15) is 5.10 Å². The topological polar surface area (TPSA) is 89.5 Å². The summed E-state index contributed by atoms with van der Waals surface area (Å²) in [5.41, 5.74) is 5.64. The lowest BCUT2D eigenvalue weighted by Gasteiger charge is -2.26. The second-order valence-electron chi connectivity index (χ2n) is 8.10. The minimum Gasteiger partial charge on any atom is -0.507 e. The molecular weight excluding hydrogens is 438 g/mol. The van der Waals surface area contributed by atoms with Crippen molar-refractivity contribution in [2.24, 2.45) is 0 Å². The molecule has 7 heteroatoms. The van der Waals surface area contributed by atoms with Crippen LogP contribution in [0.2, 0.25) is 5.02 Å². The second kappa shape index (κ2) is 8.39. The van der Waals surface area contributed by atoms with Crippen LogP contribution in [0.5, 0.6) is 5.75 Å². The molecule has 3 aromatic carbocycles. The van der Waals surface area contributed by atoms with E-state index in [9.17, 15) is 15.0 Å². The summed E-state index contributed by atoms with van der Waals surface area (Å²) in [7, 11) is 0. The van der Waals surface area contributed by atoms with E-state index in [2.05, 4.69) is 10.2 Å². The number of hydrogen-bond donors (Lipinski definition) is 3. The number of nitrogens with one attached hydrogen (secondary N) is 1. The molecule has 166 valence electrons. The van der Waals surface area contributed by atoms with Crippen molar-refractivity contribution in [1.29, 1.82) is 0 Å². The Balaban J connectivity index is 1.69. The van der Waals surface area contributed by atoms with Gasteiger partial charge in [-0.1, -0.05) is 60.1 Å². The summed E-state index contributed by atoms with van der Waals surface area (Å²) in [5.74, 6) is -0.207. The standard InChI is InChI=1S/C26H22ClN3O3/c1-15-12-21(32)19(14-20(15)27)23-22-24(29-28-23)26(33)30(10-11-31)25(22)18-9-5-8-17(13-18)16-6-3-2-4-7-16/h2-9,12-14,25,31-32H,10-11H2,1H3,(H,28,29)/t25-/m1/s1. The molecule has 33 heavy (non-hydrogen) atoms. The lowest BCUT2D eigenvalue weighted by atomic mass is 9.93. The van der Waals surface area contributed by atoms with Crippen molar-refractivity contribution >= 4 is 17.5 Å². The Morgan fingerprint density at radius 3 is 2.58 bits per heavy atom. The van der Waals surface area contributed by atoms with Crippen LogP contribution in [-0.4, -0.2) is 44.4 Å². The summed E-state index contributed by atoms with van der Waals surface area (Å²) in [6.07, 6.45) is 0. The molecule has 1 amide bonds. The molecule has 3 N–H and O–H groups in total. The molecule has 0 saturated heterocycles. The molecule has 5 rings (SSSR count). The maximum atomic E-state index is 13.2. The van der Waals surface area contributed by atoms with Crippen LogP contribution in [-0.2, 0) is 0 Å². The molecule has 0 radical (unpaired) electrons. The molecule has 2 heterocycles. The number of phenols is 1. The number of halogens is 1. The summed E-state index contributed by atoms with van der Waals surface area (Å²) in [6.45, 7) is 1.81. The Kier molecular flexibility index (Phi) is 5.40. The first-order valence-electron chi connectivity index (χ1n) is 10.6. The first-order valence-corrected chi connectivity index (χ1v) is 11.0. The maximum absolute atomic E-state index is 13.2. The van der Waals surface area contributed by atoms with E-state index >= 15 is 0 Å². The fourth-order valence-corrected chi connectivity index (χ4v) is 4.63. The van der Waals surface area contributed by atoms with Gasteiger partial charge in [-0.25, -0.2) is 0 Å². The largest absolute Gasteiger partial charge is 0.507 e. The van der Waals surface area contributed by atoms with Crippen molar-refractivity contribution in [3.8, 4) is 28.1 Å². The Labute approximate surface area is 196 Å². The number of aromatic nitrogens is 2. The van der Waals surface area contributed by atoms with Crippen molar-refractivity contribution in [1.82, 2.24) is 15.1 Å². The van der Waals surface area contributed by atoms with E-state index in [1.54, 1.807) is 17.0 Å². The number of carbonyl (C=O) groups is 1. The quantitative estimate of drug-likeness (QED) is 0.394. The van der Waals surface area contributed by atoms with E-state index in [1.807, 2.05) is 61.5 Å². The number of fused-ring (bicyclic) bond motifs is 1. The lowest BCUT2D eigenvalue weighted by molar-refractivity contribution is 0.0706. The van der Waals surface area contributed by atoms with Gasteiger partial charge >= 0.3 is 0 Å². The number of H-pyrrole nitrogens is 1.